The number of carbonyl (C=O) groups is 2. The molecule has 0 fully saturated rings. The molecule has 30 heavy (non-hydrogen) atoms. The van der Waals surface area contributed by atoms with Crippen molar-refractivity contribution in [3.05, 3.63) is 59.5 Å². The predicted molar refractivity (Wildman–Crippen MR) is 119 cm³/mol. The van der Waals surface area contributed by atoms with Gasteiger partial charge in [0.25, 0.3) is 0 Å². The zero-order chi connectivity index (χ0) is 21.5. The highest BCUT2D eigenvalue weighted by Gasteiger charge is 2.08. The second-order valence-electron chi connectivity index (χ2n) is 6.23. The van der Waals surface area contributed by atoms with Crippen molar-refractivity contribution in [1.82, 2.24) is 4.98 Å². The van der Waals surface area contributed by atoms with Gasteiger partial charge in [-0.25, -0.2) is 4.98 Å². The van der Waals surface area contributed by atoms with Crippen molar-refractivity contribution >= 4 is 40.0 Å². The van der Waals surface area contributed by atoms with Crippen LogP contribution >= 0.6 is 11.3 Å². The minimum Gasteiger partial charge on any atom is -0.497 e. The molecule has 7 nitrogen and oxygen atoms in total. The number of aromatic nitrogens is 1. The van der Waals surface area contributed by atoms with Crippen LogP contribution in [0.5, 0.6) is 11.5 Å². The van der Waals surface area contributed by atoms with Gasteiger partial charge >= 0.3 is 0 Å². The van der Waals surface area contributed by atoms with Crippen LogP contribution in [0.4, 0.5) is 10.8 Å². The van der Waals surface area contributed by atoms with Crippen molar-refractivity contribution in [2.75, 3.05) is 24.9 Å². The van der Waals surface area contributed by atoms with E-state index in [0.29, 0.717) is 22.3 Å². The normalized spacial score (nSPS) is 10.6. The molecule has 1 aromatic heterocycles. The number of amides is 2. The molecule has 2 N–H and O–H groups in total. The van der Waals surface area contributed by atoms with Gasteiger partial charge in [0.1, 0.15) is 11.5 Å². The van der Waals surface area contributed by atoms with Gasteiger partial charge in [-0.3, -0.25) is 14.9 Å². The van der Waals surface area contributed by atoms with E-state index in [2.05, 4.69) is 15.6 Å². The Hall–Kier alpha value is -3.65. The van der Waals surface area contributed by atoms with Gasteiger partial charge in [-0.2, -0.15) is 0 Å². The Balaban J connectivity index is 1.66. The molecular formula is C22H21N3O4S. The number of nitrogens with zero attached hydrogens (tertiary/aromatic N) is 1. The number of benzene rings is 2. The minimum absolute atomic E-state index is 0.124. The molecule has 0 aliphatic carbocycles. The van der Waals surface area contributed by atoms with Gasteiger partial charge in [-0.15, -0.1) is 11.3 Å². The molecule has 0 atom stereocenters. The maximum atomic E-state index is 12.3. The molecule has 0 saturated heterocycles. The summed E-state index contributed by atoms with van der Waals surface area (Å²) in [5.74, 6) is 0.881. The van der Waals surface area contributed by atoms with E-state index >= 15 is 0 Å². The summed E-state index contributed by atoms with van der Waals surface area (Å²) in [5, 5.41) is 7.83. The van der Waals surface area contributed by atoms with Crippen molar-refractivity contribution in [3.8, 4) is 22.8 Å². The predicted octanol–water partition coefficient (Wildman–Crippen LogP) is 4.44. The Bertz CT molecular complexity index is 1070. The summed E-state index contributed by atoms with van der Waals surface area (Å²) in [5.41, 5.74) is 3.07. The summed E-state index contributed by atoms with van der Waals surface area (Å²) in [6, 6.07) is 12.7. The summed E-state index contributed by atoms with van der Waals surface area (Å²) in [7, 11) is 3.15. The SMILES string of the molecule is COc1ccc(OC)c(/C=C/C(=O)Nc2nc(-c3ccc(NC(C)=O)cc3)cs2)c1. The Labute approximate surface area is 178 Å². The van der Waals surface area contributed by atoms with Crippen LogP contribution in [0.15, 0.2) is 53.9 Å². The fourth-order valence-electron chi connectivity index (χ4n) is 2.67. The number of nitrogens with one attached hydrogen (secondary N) is 2. The van der Waals surface area contributed by atoms with Gasteiger partial charge in [0, 0.05) is 35.2 Å². The van der Waals surface area contributed by atoms with Gasteiger partial charge in [-0.05, 0) is 36.4 Å². The molecule has 0 radical (unpaired) electrons. The molecule has 0 unspecified atom stereocenters. The molecule has 2 amide bonds. The van der Waals surface area contributed by atoms with Crippen LogP contribution in [0.2, 0.25) is 0 Å². The van der Waals surface area contributed by atoms with E-state index in [-0.39, 0.29) is 11.8 Å². The average Bonchev–Trinajstić information content (AvgIpc) is 3.20. The lowest BCUT2D eigenvalue weighted by Crippen LogP contribution is -2.07. The third kappa shape index (κ3) is 5.45. The largest absolute Gasteiger partial charge is 0.497 e. The topological polar surface area (TPSA) is 89.6 Å². The number of carbonyl (C=O) groups excluding carboxylic acids is 2. The molecule has 0 saturated carbocycles. The molecule has 154 valence electrons. The van der Waals surface area contributed by atoms with Gasteiger partial charge < -0.3 is 14.8 Å². The van der Waals surface area contributed by atoms with Crippen LogP contribution in [-0.4, -0.2) is 31.0 Å². The average molecular weight is 423 g/mol. The van der Waals surface area contributed by atoms with Crippen LogP contribution in [0.3, 0.4) is 0 Å². The van der Waals surface area contributed by atoms with E-state index in [4.69, 9.17) is 9.47 Å². The van der Waals surface area contributed by atoms with E-state index in [9.17, 15) is 9.59 Å². The number of anilines is 2. The fraction of sp³-hybridized carbons (Fsp3) is 0.136. The quantitative estimate of drug-likeness (QED) is 0.549. The monoisotopic (exact) mass is 423 g/mol. The van der Waals surface area contributed by atoms with Crippen LogP contribution in [-0.2, 0) is 9.59 Å². The lowest BCUT2D eigenvalue weighted by Gasteiger charge is -2.07. The third-order valence-corrected chi connectivity index (χ3v) is 4.84. The molecule has 0 spiro atoms. The number of hydrogen-bond acceptors (Lipinski definition) is 6. The van der Waals surface area contributed by atoms with E-state index in [0.717, 1.165) is 16.8 Å². The number of methoxy groups -OCH3 is 2. The van der Waals surface area contributed by atoms with Crippen molar-refractivity contribution in [2.45, 2.75) is 6.92 Å². The molecule has 8 heteroatoms. The highest BCUT2D eigenvalue weighted by atomic mass is 32.1. The van der Waals surface area contributed by atoms with E-state index in [1.807, 2.05) is 17.5 Å². The van der Waals surface area contributed by atoms with Crippen molar-refractivity contribution in [1.29, 1.82) is 0 Å². The first kappa shape index (κ1) is 21.1. The molecule has 3 rings (SSSR count). The van der Waals surface area contributed by atoms with E-state index in [1.165, 1.54) is 24.3 Å². The zero-order valence-electron chi connectivity index (χ0n) is 16.8. The first-order valence-electron chi connectivity index (χ1n) is 9.03. The van der Waals surface area contributed by atoms with Gasteiger partial charge in [0.15, 0.2) is 5.13 Å². The second-order valence-corrected chi connectivity index (χ2v) is 7.09. The maximum Gasteiger partial charge on any atom is 0.250 e. The van der Waals surface area contributed by atoms with Gasteiger partial charge in [0.2, 0.25) is 11.8 Å². The standard InChI is InChI=1S/C22H21N3O4S/c1-14(26)23-17-7-4-15(5-8-17)19-13-30-22(24-19)25-21(27)11-6-16-12-18(28-2)9-10-20(16)29-3/h4-13H,1-3H3,(H,23,26)(H,24,25,27)/b11-6+. The third-order valence-electron chi connectivity index (χ3n) is 4.09. The Morgan fingerprint density at radius 3 is 2.47 bits per heavy atom. The van der Waals surface area contributed by atoms with Gasteiger partial charge in [0.05, 0.1) is 19.9 Å². The Kier molecular flexibility index (Phi) is 6.82. The number of thiazole rings is 1. The van der Waals surface area contributed by atoms with Crippen LogP contribution in [0.1, 0.15) is 12.5 Å². The number of hydrogen-bond donors (Lipinski definition) is 2. The Morgan fingerprint density at radius 2 is 1.80 bits per heavy atom. The summed E-state index contributed by atoms with van der Waals surface area (Å²) in [6.07, 6.45) is 3.08. The summed E-state index contributed by atoms with van der Waals surface area (Å²) in [6.45, 7) is 1.46. The fourth-order valence-corrected chi connectivity index (χ4v) is 3.40. The van der Waals surface area contributed by atoms with Crippen molar-refractivity contribution in [3.63, 3.8) is 0 Å². The molecule has 3 aromatic rings. The summed E-state index contributed by atoms with van der Waals surface area (Å²) in [4.78, 5) is 27.8. The van der Waals surface area contributed by atoms with Crippen LogP contribution in [0, 0.1) is 0 Å². The lowest BCUT2D eigenvalue weighted by molar-refractivity contribution is -0.114. The molecular weight excluding hydrogens is 402 g/mol. The molecule has 2 aromatic carbocycles. The van der Waals surface area contributed by atoms with Crippen LogP contribution in [0.25, 0.3) is 17.3 Å². The minimum atomic E-state index is -0.304. The molecule has 0 bridgehead atoms. The molecule has 1 heterocycles. The van der Waals surface area contributed by atoms with Crippen LogP contribution < -0.4 is 20.1 Å². The highest BCUT2D eigenvalue weighted by Crippen LogP contribution is 2.27. The smallest absolute Gasteiger partial charge is 0.250 e. The molecule has 0 aliphatic rings. The van der Waals surface area contributed by atoms with E-state index < -0.39 is 0 Å². The summed E-state index contributed by atoms with van der Waals surface area (Å²) < 4.78 is 10.5. The number of rotatable bonds is 7. The van der Waals surface area contributed by atoms with Crippen molar-refractivity contribution < 1.29 is 19.1 Å². The zero-order valence-corrected chi connectivity index (χ0v) is 17.6. The number of ether oxygens (including phenoxy) is 2. The second kappa shape index (κ2) is 9.71. The lowest BCUT2D eigenvalue weighted by atomic mass is 10.1. The highest BCUT2D eigenvalue weighted by molar-refractivity contribution is 7.14. The van der Waals surface area contributed by atoms with E-state index in [1.54, 1.807) is 50.6 Å². The maximum absolute atomic E-state index is 12.3. The van der Waals surface area contributed by atoms with Crippen molar-refractivity contribution in [2.24, 2.45) is 0 Å². The molecule has 0 aliphatic heterocycles. The summed E-state index contributed by atoms with van der Waals surface area (Å²) >= 11 is 1.33. The first-order chi connectivity index (χ1) is 14.5. The Morgan fingerprint density at radius 1 is 1.03 bits per heavy atom. The van der Waals surface area contributed by atoms with Gasteiger partial charge in [-0.1, -0.05) is 12.1 Å². The first-order valence-corrected chi connectivity index (χ1v) is 9.91.